The van der Waals surface area contributed by atoms with E-state index in [0.717, 1.165) is 4.57 Å². The third kappa shape index (κ3) is 3.70. The zero-order chi connectivity index (χ0) is 21.5. The lowest BCUT2D eigenvalue weighted by atomic mass is 10.1. The molecule has 2 aromatic heterocycles. The van der Waals surface area contributed by atoms with Crippen LogP contribution in [0.25, 0.3) is 22.3 Å². The van der Waals surface area contributed by atoms with Crippen molar-refractivity contribution in [3.8, 4) is 17.0 Å². The van der Waals surface area contributed by atoms with Crippen molar-refractivity contribution in [2.24, 2.45) is 7.05 Å². The molecular formula is C18H19Cl2N3O5S. The summed E-state index contributed by atoms with van der Waals surface area (Å²) in [6.07, 6.45) is 0.647. The summed E-state index contributed by atoms with van der Waals surface area (Å²) >= 11 is 6.59. The van der Waals surface area contributed by atoms with Crippen LogP contribution in [-0.4, -0.2) is 29.1 Å². The molecule has 0 aliphatic carbocycles. The number of rotatable bonds is 6. The molecule has 0 saturated heterocycles. The summed E-state index contributed by atoms with van der Waals surface area (Å²) in [4.78, 5) is 28.0. The second kappa shape index (κ2) is 7.89. The SMILES string of the molecule is CCCn1c(=O)n(C)c(=O)c2[nH]c(-c3cc(S(=O)(=O)Cl)ccc3OCC)c(Cl)c21. The highest BCUT2D eigenvalue weighted by Crippen LogP contribution is 2.39. The summed E-state index contributed by atoms with van der Waals surface area (Å²) in [5.74, 6) is 0.353. The number of H-pyrrole nitrogens is 1. The Morgan fingerprint density at radius 3 is 2.48 bits per heavy atom. The maximum Gasteiger partial charge on any atom is 0.331 e. The highest BCUT2D eigenvalue weighted by molar-refractivity contribution is 8.13. The third-order valence-corrected chi connectivity index (χ3v) is 6.19. The Labute approximate surface area is 176 Å². The van der Waals surface area contributed by atoms with Crippen LogP contribution in [0.4, 0.5) is 0 Å². The van der Waals surface area contributed by atoms with Crippen molar-refractivity contribution >= 4 is 42.4 Å². The predicted octanol–water partition coefficient (Wildman–Crippen LogP) is 3.08. The quantitative estimate of drug-likeness (QED) is 0.570. The smallest absolute Gasteiger partial charge is 0.331 e. The first-order chi connectivity index (χ1) is 13.6. The number of aryl methyl sites for hydroxylation is 1. The maximum atomic E-state index is 12.7. The van der Waals surface area contributed by atoms with E-state index in [9.17, 15) is 18.0 Å². The van der Waals surface area contributed by atoms with Crippen molar-refractivity contribution in [1.29, 1.82) is 0 Å². The minimum Gasteiger partial charge on any atom is -0.493 e. The van der Waals surface area contributed by atoms with E-state index in [4.69, 9.17) is 27.0 Å². The fourth-order valence-corrected chi connectivity index (χ4v) is 4.28. The van der Waals surface area contributed by atoms with Gasteiger partial charge in [0.25, 0.3) is 14.6 Å². The average molecular weight is 460 g/mol. The molecule has 11 heteroatoms. The molecule has 0 aliphatic rings. The lowest BCUT2D eigenvalue weighted by Gasteiger charge is -2.11. The van der Waals surface area contributed by atoms with Crippen LogP contribution in [0.1, 0.15) is 20.3 Å². The Morgan fingerprint density at radius 1 is 1.21 bits per heavy atom. The van der Waals surface area contributed by atoms with Crippen LogP contribution < -0.4 is 16.0 Å². The highest BCUT2D eigenvalue weighted by Gasteiger charge is 2.23. The number of aromatic amines is 1. The van der Waals surface area contributed by atoms with E-state index in [1.54, 1.807) is 6.92 Å². The van der Waals surface area contributed by atoms with Gasteiger partial charge in [-0.05, 0) is 31.5 Å². The number of aromatic nitrogens is 3. The van der Waals surface area contributed by atoms with Gasteiger partial charge in [-0.2, -0.15) is 0 Å². The molecule has 0 fully saturated rings. The van der Waals surface area contributed by atoms with Gasteiger partial charge in [0.15, 0.2) is 0 Å². The maximum absolute atomic E-state index is 12.7. The Bertz CT molecular complexity index is 1320. The molecule has 29 heavy (non-hydrogen) atoms. The molecule has 3 aromatic rings. The number of nitrogens with zero attached hydrogens (tertiary/aromatic N) is 2. The van der Waals surface area contributed by atoms with Crippen LogP contribution in [-0.2, 0) is 22.6 Å². The molecule has 0 bridgehead atoms. The van der Waals surface area contributed by atoms with Gasteiger partial charge < -0.3 is 9.72 Å². The van der Waals surface area contributed by atoms with Crippen molar-refractivity contribution in [2.45, 2.75) is 31.7 Å². The second-order valence-electron chi connectivity index (χ2n) is 6.36. The van der Waals surface area contributed by atoms with E-state index in [-0.39, 0.29) is 26.6 Å². The van der Waals surface area contributed by atoms with Crippen molar-refractivity contribution in [3.63, 3.8) is 0 Å². The number of hydrogen-bond acceptors (Lipinski definition) is 5. The molecular weight excluding hydrogens is 441 g/mol. The van der Waals surface area contributed by atoms with Crippen LogP contribution in [0.2, 0.25) is 5.02 Å². The van der Waals surface area contributed by atoms with E-state index in [2.05, 4.69) is 4.98 Å². The van der Waals surface area contributed by atoms with Crippen molar-refractivity contribution in [1.82, 2.24) is 14.1 Å². The van der Waals surface area contributed by atoms with Crippen molar-refractivity contribution in [2.75, 3.05) is 6.61 Å². The predicted molar refractivity (Wildman–Crippen MR) is 113 cm³/mol. The Hall–Kier alpha value is -2.23. The van der Waals surface area contributed by atoms with Gasteiger partial charge in [0.2, 0.25) is 0 Å². The fourth-order valence-electron chi connectivity index (χ4n) is 3.16. The number of fused-ring (bicyclic) bond motifs is 1. The van der Waals surface area contributed by atoms with E-state index < -0.39 is 20.3 Å². The van der Waals surface area contributed by atoms with Gasteiger partial charge in [0.05, 0.1) is 27.7 Å². The first kappa shape index (κ1) is 21.5. The summed E-state index contributed by atoms with van der Waals surface area (Å²) in [5.41, 5.74) is -0.0454. The lowest BCUT2D eigenvalue weighted by Crippen LogP contribution is -2.38. The zero-order valence-corrected chi connectivity index (χ0v) is 18.3. The standard InChI is InChI=1S/C18H19Cl2N3O5S/c1-4-8-23-16-13(19)14(21-15(16)17(24)22(3)18(23)25)11-9-10(29(20,26)27)6-7-12(11)28-5-2/h6-7,9,21H,4-5,8H2,1-3H3. The molecule has 0 unspecified atom stereocenters. The minimum atomic E-state index is -4.01. The molecule has 2 heterocycles. The van der Waals surface area contributed by atoms with Crippen LogP contribution >= 0.6 is 22.3 Å². The molecule has 0 amide bonds. The Morgan fingerprint density at radius 2 is 1.90 bits per heavy atom. The molecule has 0 atom stereocenters. The molecule has 156 valence electrons. The van der Waals surface area contributed by atoms with Gasteiger partial charge in [-0.25, -0.2) is 13.2 Å². The Balaban J connectivity index is 2.44. The summed E-state index contributed by atoms with van der Waals surface area (Å²) < 4.78 is 31.6. The number of halogens is 2. The number of ether oxygens (including phenoxy) is 1. The van der Waals surface area contributed by atoms with E-state index >= 15 is 0 Å². The number of nitrogens with one attached hydrogen (secondary N) is 1. The van der Waals surface area contributed by atoms with Gasteiger partial charge in [-0.1, -0.05) is 18.5 Å². The molecule has 0 aliphatic heterocycles. The molecule has 0 spiro atoms. The summed E-state index contributed by atoms with van der Waals surface area (Å²) in [6, 6.07) is 4.10. The first-order valence-corrected chi connectivity index (χ1v) is 11.5. The topological polar surface area (TPSA) is 103 Å². The molecule has 0 saturated carbocycles. The van der Waals surface area contributed by atoms with E-state index in [1.807, 2.05) is 6.92 Å². The minimum absolute atomic E-state index is 0.119. The van der Waals surface area contributed by atoms with Gasteiger partial charge in [-0.15, -0.1) is 0 Å². The summed E-state index contributed by atoms with van der Waals surface area (Å²) in [5, 5.41) is 0.119. The van der Waals surface area contributed by atoms with Crippen molar-refractivity contribution in [3.05, 3.63) is 44.1 Å². The summed E-state index contributed by atoms with van der Waals surface area (Å²) in [7, 11) is 2.87. The second-order valence-corrected chi connectivity index (χ2v) is 9.31. The van der Waals surface area contributed by atoms with Crippen LogP contribution in [0, 0.1) is 0 Å². The highest BCUT2D eigenvalue weighted by atomic mass is 35.7. The first-order valence-electron chi connectivity index (χ1n) is 8.84. The van der Waals surface area contributed by atoms with E-state index in [1.165, 1.54) is 29.8 Å². The molecule has 1 N–H and O–H groups in total. The monoisotopic (exact) mass is 459 g/mol. The fraction of sp³-hybridized carbons (Fsp3) is 0.333. The third-order valence-electron chi connectivity index (χ3n) is 4.47. The number of hydrogen-bond donors (Lipinski definition) is 1. The average Bonchev–Trinajstić information content (AvgIpc) is 3.00. The zero-order valence-electron chi connectivity index (χ0n) is 16.0. The normalized spacial score (nSPS) is 11.9. The van der Waals surface area contributed by atoms with Gasteiger partial charge in [-0.3, -0.25) is 13.9 Å². The largest absolute Gasteiger partial charge is 0.493 e. The van der Waals surface area contributed by atoms with Crippen LogP contribution in [0.15, 0.2) is 32.7 Å². The summed E-state index contributed by atoms with van der Waals surface area (Å²) in [6.45, 7) is 4.35. The molecule has 8 nitrogen and oxygen atoms in total. The van der Waals surface area contributed by atoms with E-state index in [0.29, 0.717) is 30.9 Å². The Kier molecular flexibility index (Phi) is 5.84. The molecule has 1 aromatic carbocycles. The number of benzene rings is 1. The molecule has 0 radical (unpaired) electrons. The van der Waals surface area contributed by atoms with Crippen molar-refractivity contribution < 1.29 is 13.2 Å². The van der Waals surface area contributed by atoms with Crippen LogP contribution in [0.5, 0.6) is 5.75 Å². The lowest BCUT2D eigenvalue weighted by molar-refractivity contribution is 0.341. The van der Waals surface area contributed by atoms with Gasteiger partial charge >= 0.3 is 5.69 Å². The molecule has 3 rings (SSSR count). The van der Waals surface area contributed by atoms with Gasteiger partial charge in [0, 0.05) is 29.8 Å². The van der Waals surface area contributed by atoms with Gasteiger partial charge in [0.1, 0.15) is 11.3 Å². The van der Waals surface area contributed by atoms with Crippen LogP contribution in [0.3, 0.4) is 0 Å².